The highest BCUT2D eigenvalue weighted by Gasteiger charge is 2.33. The molecule has 0 aliphatic carbocycles. The first-order valence-corrected chi connectivity index (χ1v) is 8.95. The van der Waals surface area contributed by atoms with Crippen LogP contribution < -0.4 is 0 Å². The number of hydrogen-bond acceptors (Lipinski definition) is 0. The molecule has 1 nitrogen and oxygen atoms in total. The molecule has 174 valence electrons. The van der Waals surface area contributed by atoms with E-state index >= 15 is 0 Å². The Bertz CT molecular complexity index is 1210. The van der Waals surface area contributed by atoms with Crippen LogP contribution in [0.15, 0.2) is 54.6 Å². The standard InChI is InChI=1S/C15H8F5N.C7H3F5/c16-10-6-9(15(18,19)20)7-11(17)14(10)13-5-8-3-1-2-4-12(8)21-13;8-4-1-3(7(11)12)2-5(9)6(4)10/h1-7,21H;1-2,7H. The van der Waals surface area contributed by atoms with Crippen molar-refractivity contribution in [3.05, 3.63) is 94.8 Å². The van der Waals surface area contributed by atoms with Gasteiger partial charge >= 0.3 is 6.18 Å². The lowest BCUT2D eigenvalue weighted by Gasteiger charge is -2.09. The van der Waals surface area contributed by atoms with E-state index in [1.165, 1.54) is 6.07 Å². The van der Waals surface area contributed by atoms with Crippen molar-refractivity contribution in [2.75, 3.05) is 0 Å². The number of hydrogen-bond donors (Lipinski definition) is 1. The van der Waals surface area contributed by atoms with E-state index in [1.807, 2.05) is 0 Å². The van der Waals surface area contributed by atoms with Crippen molar-refractivity contribution in [3.8, 4) is 11.3 Å². The van der Waals surface area contributed by atoms with Crippen molar-refractivity contribution in [1.29, 1.82) is 0 Å². The molecule has 4 rings (SSSR count). The Labute approximate surface area is 179 Å². The van der Waals surface area contributed by atoms with Gasteiger partial charge in [0.1, 0.15) is 11.6 Å². The monoisotopic (exact) mass is 479 g/mol. The van der Waals surface area contributed by atoms with E-state index in [-0.39, 0.29) is 17.8 Å². The Morgan fingerprint density at radius 2 is 1.24 bits per heavy atom. The zero-order chi connectivity index (χ0) is 24.5. The smallest absolute Gasteiger partial charge is 0.354 e. The number of aromatic amines is 1. The summed E-state index contributed by atoms with van der Waals surface area (Å²) in [6, 6.07) is 9.54. The number of halogens is 10. The third-order valence-corrected chi connectivity index (χ3v) is 4.43. The topological polar surface area (TPSA) is 15.8 Å². The molecule has 1 heterocycles. The maximum Gasteiger partial charge on any atom is 0.416 e. The number of benzene rings is 3. The van der Waals surface area contributed by atoms with Gasteiger partial charge in [-0.05, 0) is 36.4 Å². The van der Waals surface area contributed by atoms with Gasteiger partial charge in [0.15, 0.2) is 17.5 Å². The van der Waals surface area contributed by atoms with Crippen LogP contribution in [0.3, 0.4) is 0 Å². The van der Waals surface area contributed by atoms with Crippen LogP contribution in [0.25, 0.3) is 22.2 Å². The van der Waals surface area contributed by atoms with Crippen molar-refractivity contribution in [2.45, 2.75) is 12.6 Å². The van der Waals surface area contributed by atoms with Crippen molar-refractivity contribution in [3.63, 3.8) is 0 Å². The van der Waals surface area contributed by atoms with Gasteiger partial charge in [0.05, 0.1) is 16.8 Å². The number of fused-ring (bicyclic) bond motifs is 1. The molecule has 1 N–H and O–H groups in total. The predicted octanol–water partition coefficient (Wildman–Crippen LogP) is 8.17. The minimum Gasteiger partial charge on any atom is -0.354 e. The van der Waals surface area contributed by atoms with Crippen LogP contribution in [0.5, 0.6) is 0 Å². The highest BCUT2D eigenvalue weighted by molar-refractivity contribution is 5.86. The van der Waals surface area contributed by atoms with Crippen LogP contribution in [-0.4, -0.2) is 4.98 Å². The van der Waals surface area contributed by atoms with Gasteiger partial charge in [-0.3, -0.25) is 0 Å². The second kappa shape index (κ2) is 9.16. The lowest BCUT2D eigenvalue weighted by atomic mass is 10.1. The lowest BCUT2D eigenvalue weighted by molar-refractivity contribution is -0.138. The van der Waals surface area contributed by atoms with Gasteiger partial charge in [-0.1, -0.05) is 18.2 Å². The van der Waals surface area contributed by atoms with Crippen LogP contribution in [0.4, 0.5) is 43.9 Å². The molecule has 11 heteroatoms. The lowest BCUT2D eigenvalue weighted by Crippen LogP contribution is -2.07. The number of rotatable bonds is 2. The van der Waals surface area contributed by atoms with Crippen molar-refractivity contribution >= 4 is 10.9 Å². The van der Waals surface area contributed by atoms with E-state index in [0.717, 1.165) is 0 Å². The summed E-state index contributed by atoms with van der Waals surface area (Å²) in [5, 5.41) is 0.714. The van der Waals surface area contributed by atoms with Gasteiger partial charge in [0, 0.05) is 16.5 Å². The molecular weight excluding hydrogens is 468 g/mol. The van der Waals surface area contributed by atoms with Crippen LogP contribution >= 0.6 is 0 Å². The number of para-hydroxylation sites is 1. The number of nitrogens with one attached hydrogen (secondary N) is 1. The van der Waals surface area contributed by atoms with E-state index in [1.54, 1.807) is 24.3 Å². The summed E-state index contributed by atoms with van der Waals surface area (Å²) in [6.07, 6.45) is -7.80. The van der Waals surface area contributed by atoms with Gasteiger partial charge in [0.25, 0.3) is 6.43 Å². The summed E-state index contributed by atoms with van der Waals surface area (Å²) < 4.78 is 126. The average molecular weight is 479 g/mol. The molecule has 33 heavy (non-hydrogen) atoms. The fourth-order valence-electron chi connectivity index (χ4n) is 2.90. The van der Waals surface area contributed by atoms with Gasteiger partial charge in [-0.15, -0.1) is 0 Å². The number of aromatic nitrogens is 1. The number of alkyl halides is 5. The first-order chi connectivity index (χ1) is 15.4. The minimum absolute atomic E-state index is 0.0972. The zero-order valence-electron chi connectivity index (χ0n) is 16.1. The van der Waals surface area contributed by atoms with Gasteiger partial charge in [-0.2, -0.15) is 13.2 Å². The Morgan fingerprint density at radius 1 is 0.697 bits per heavy atom. The fourth-order valence-corrected chi connectivity index (χ4v) is 2.90. The normalized spacial score (nSPS) is 11.6. The molecule has 0 bridgehead atoms. The molecule has 0 saturated heterocycles. The highest BCUT2D eigenvalue weighted by Crippen LogP contribution is 2.35. The maximum atomic E-state index is 13.9. The van der Waals surface area contributed by atoms with Crippen molar-refractivity contribution in [2.24, 2.45) is 0 Å². The van der Waals surface area contributed by atoms with Crippen LogP contribution in [0, 0.1) is 29.1 Å². The third kappa shape index (κ3) is 5.29. The third-order valence-electron chi connectivity index (χ3n) is 4.43. The second-order valence-electron chi connectivity index (χ2n) is 6.68. The summed E-state index contributed by atoms with van der Waals surface area (Å²) >= 11 is 0. The van der Waals surface area contributed by atoms with Gasteiger partial charge in [0.2, 0.25) is 0 Å². The molecule has 3 aromatic carbocycles. The average Bonchev–Trinajstić information content (AvgIpc) is 3.14. The zero-order valence-corrected chi connectivity index (χ0v) is 16.1. The molecule has 0 amide bonds. The SMILES string of the molecule is Fc1cc(C(F)(F)F)cc(F)c1-c1cc2ccccc2[nH]1.Fc1cc(C(F)F)cc(F)c1F. The molecule has 0 atom stereocenters. The summed E-state index contributed by atoms with van der Waals surface area (Å²) in [6.45, 7) is 0. The molecule has 1 aromatic heterocycles. The van der Waals surface area contributed by atoms with Crippen LogP contribution in [-0.2, 0) is 6.18 Å². The van der Waals surface area contributed by atoms with E-state index in [0.29, 0.717) is 23.0 Å². The van der Waals surface area contributed by atoms with E-state index in [4.69, 9.17) is 0 Å². The molecule has 0 fully saturated rings. The van der Waals surface area contributed by atoms with Crippen molar-refractivity contribution in [1.82, 2.24) is 4.98 Å². The molecule has 0 radical (unpaired) electrons. The van der Waals surface area contributed by atoms with Crippen LogP contribution in [0.2, 0.25) is 0 Å². The van der Waals surface area contributed by atoms with Gasteiger partial charge in [-0.25, -0.2) is 30.7 Å². The summed E-state index contributed by atoms with van der Waals surface area (Å²) in [4.78, 5) is 2.79. The molecule has 0 saturated carbocycles. The summed E-state index contributed by atoms with van der Waals surface area (Å²) in [5.74, 6) is -7.46. The quantitative estimate of drug-likeness (QED) is 0.221. The second-order valence-corrected chi connectivity index (χ2v) is 6.68. The van der Waals surface area contributed by atoms with E-state index in [9.17, 15) is 43.9 Å². The summed E-state index contributed by atoms with van der Waals surface area (Å²) in [5.41, 5.74) is -1.98. The van der Waals surface area contributed by atoms with Gasteiger partial charge < -0.3 is 4.98 Å². The molecule has 0 spiro atoms. The summed E-state index contributed by atoms with van der Waals surface area (Å²) in [7, 11) is 0. The van der Waals surface area contributed by atoms with E-state index in [2.05, 4.69) is 4.98 Å². The Balaban J connectivity index is 0.000000218. The highest BCUT2D eigenvalue weighted by atomic mass is 19.4. The first-order valence-electron chi connectivity index (χ1n) is 8.95. The number of H-pyrrole nitrogens is 1. The molecular formula is C22H11F10N. The molecule has 4 aromatic rings. The Hall–Kier alpha value is -3.50. The maximum absolute atomic E-state index is 13.9. The largest absolute Gasteiger partial charge is 0.416 e. The van der Waals surface area contributed by atoms with E-state index < -0.39 is 58.4 Å². The first kappa shape index (κ1) is 24.1. The Kier molecular flexibility index (Phi) is 6.71. The van der Waals surface area contributed by atoms with Crippen molar-refractivity contribution < 1.29 is 43.9 Å². The fraction of sp³-hybridized carbons (Fsp3) is 0.0909. The molecule has 0 aliphatic rings. The van der Waals surface area contributed by atoms with Crippen LogP contribution in [0.1, 0.15) is 17.6 Å². The molecule has 0 unspecified atom stereocenters. The molecule has 0 aliphatic heterocycles. The predicted molar refractivity (Wildman–Crippen MR) is 99.9 cm³/mol. The Morgan fingerprint density at radius 3 is 1.73 bits per heavy atom. The minimum atomic E-state index is -4.79.